The molecule has 1 N–H and O–H groups in total. The molecule has 0 spiro atoms. The van der Waals surface area contributed by atoms with Crippen LogP contribution >= 0.6 is 0 Å². The third-order valence-electron chi connectivity index (χ3n) is 6.04. The van der Waals surface area contributed by atoms with Crippen molar-refractivity contribution in [1.29, 1.82) is 0 Å². The van der Waals surface area contributed by atoms with Gasteiger partial charge in [-0.05, 0) is 12.1 Å². The van der Waals surface area contributed by atoms with Crippen LogP contribution in [0.5, 0.6) is 0 Å². The summed E-state index contributed by atoms with van der Waals surface area (Å²) in [5.41, 5.74) is -1.37. The Morgan fingerprint density at radius 3 is 1.03 bits per heavy atom. The zero-order valence-electron chi connectivity index (χ0n) is 20.6. The van der Waals surface area contributed by atoms with E-state index in [1.165, 1.54) is 13.1 Å². The van der Waals surface area contributed by atoms with Crippen molar-refractivity contribution in [3.8, 4) is 0 Å². The topological polar surface area (TPSA) is 54.4 Å². The van der Waals surface area contributed by atoms with Gasteiger partial charge in [-0.1, -0.05) is 12.1 Å². The summed E-state index contributed by atoms with van der Waals surface area (Å²) < 4.78 is 72.2. The average Bonchev–Trinajstić information content (AvgIpc) is 2.95. The monoisotopic (exact) mass is 743 g/mol. The van der Waals surface area contributed by atoms with E-state index in [-0.39, 0.29) is 0 Å². The minimum absolute atomic E-state index is 0.586. The summed E-state index contributed by atoms with van der Waals surface area (Å²) in [4.78, 5) is -1.13. The zero-order chi connectivity index (χ0) is 27.9. The van der Waals surface area contributed by atoms with Gasteiger partial charge in [0.2, 0.25) is 0 Å². The summed E-state index contributed by atoms with van der Waals surface area (Å²) in [6, 6.07) is 47.9. The zero-order valence-corrected chi connectivity index (χ0v) is 24.9. The first-order chi connectivity index (χ1) is 18.6. The van der Waals surface area contributed by atoms with E-state index in [2.05, 4.69) is 121 Å². The normalized spacial score (nSPS) is 11.8. The van der Waals surface area contributed by atoms with Gasteiger partial charge < -0.3 is 0 Å². The van der Waals surface area contributed by atoms with Crippen LogP contribution in [0.4, 0.5) is 13.2 Å². The predicted octanol–water partition coefficient (Wildman–Crippen LogP) is 5.02. The molecule has 0 saturated carbocycles. The second kappa shape index (κ2) is 12.2. The number of halogens is 3. The Morgan fingerprint density at radius 2 is 0.769 bits per heavy atom. The van der Waals surface area contributed by atoms with Gasteiger partial charge in [-0.3, -0.25) is 4.55 Å². The molecule has 5 aromatic rings. The van der Waals surface area contributed by atoms with Crippen molar-refractivity contribution in [1.82, 2.24) is 0 Å². The van der Waals surface area contributed by atoms with E-state index >= 15 is 0 Å². The number of alkyl halides is 3. The number of hydrogen-bond acceptors (Lipinski definition) is 2. The van der Waals surface area contributed by atoms with Crippen LogP contribution in [0.3, 0.4) is 0 Å². The Morgan fingerprint density at radius 1 is 0.487 bits per heavy atom. The maximum atomic E-state index is 12.2. The van der Waals surface area contributed by atoms with Crippen LogP contribution in [-0.2, 0) is 16.3 Å². The molecule has 1 radical (unpaired) electrons. The first-order valence-corrected chi connectivity index (χ1v) is 20.3. The molecule has 0 heterocycles. The first kappa shape index (κ1) is 28.7. The summed E-state index contributed by atoms with van der Waals surface area (Å²) in [7, 11) is -4.84. The Bertz CT molecular complexity index is 1430. The van der Waals surface area contributed by atoms with E-state index in [4.69, 9.17) is 4.55 Å². The van der Waals surface area contributed by atoms with Crippen molar-refractivity contribution in [3.05, 3.63) is 151 Å². The van der Waals surface area contributed by atoms with Gasteiger partial charge in [-0.15, -0.1) is 0 Å². The minimum atomic E-state index is -4.84. The van der Waals surface area contributed by atoms with E-state index < -0.39 is 47.0 Å². The molecule has 0 aliphatic carbocycles. The van der Waals surface area contributed by atoms with E-state index in [1.807, 2.05) is 0 Å². The fourth-order valence-electron chi connectivity index (χ4n) is 4.43. The summed E-state index contributed by atoms with van der Waals surface area (Å²) >= 11 is -3.38. The standard InChI is InChI=1S/C7H5F3O3S.4C6H5.Bi/c8-7(9,10)5-3-1-2-4-6(5)14(11,12)13;4*1-2-4-6-5-3-1;/h1-4H,(H,11,12,13);4*1-5H;. The summed E-state index contributed by atoms with van der Waals surface area (Å²) in [6.45, 7) is 0. The van der Waals surface area contributed by atoms with Crippen LogP contribution in [0.2, 0.25) is 0 Å². The molecule has 0 saturated heterocycles. The Kier molecular flexibility index (Phi) is 9.01. The molecule has 8 heteroatoms. The van der Waals surface area contributed by atoms with Gasteiger partial charge >= 0.3 is 161 Å². The van der Waals surface area contributed by atoms with E-state index in [1.54, 1.807) is 0 Å². The number of rotatable bonds is 5. The molecule has 0 aliphatic rings. The van der Waals surface area contributed by atoms with Gasteiger partial charge in [0.25, 0.3) is 10.1 Å². The van der Waals surface area contributed by atoms with Gasteiger partial charge in [-0.2, -0.15) is 21.6 Å². The van der Waals surface area contributed by atoms with Gasteiger partial charge in [0.1, 0.15) is 4.90 Å². The van der Waals surface area contributed by atoms with Crippen LogP contribution in [0, 0.1) is 0 Å². The average molecular weight is 744 g/mol. The van der Waals surface area contributed by atoms with Crippen molar-refractivity contribution < 1.29 is 26.1 Å². The second-order valence-electron chi connectivity index (χ2n) is 8.48. The molecule has 5 rings (SSSR count). The summed E-state index contributed by atoms with van der Waals surface area (Å²) in [5.74, 6) is 0. The van der Waals surface area contributed by atoms with Crippen LogP contribution < -0.4 is 13.1 Å². The molecule has 0 unspecified atom stereocenters. The molecule has 199 valence electrons. The molecule has 3 nitrogen and oxygen atoms in total. The van der Waals surface area contributed by atoms with E-state index in [9.17, 15) is 21.6 Å². The fraction of sp³-hybridized carbons (Fsp3) is 0.0323. The molecule has 0 bridgehead atoms. The van der Waals surface area contributed by atoms with Gasteiger partial charge in [0.05, 0.1) is 5.56 Å². The van der Waals surface area contributed by atoms with Crippen LogP contribution in [0.1, 0.15) is 5.56 Å². The maximum absolute atomic E-state index is 12.2. The Balaban J connectivity index is 0.000000215. The molecular formula is C31H25BiF3O3S. The van der Waals surface area contributed by atoms with Crippen molar-refractivity contribution >= 4 is 43.5 Å². The SMILES string of the molecule is O=S(=O)(O)c1ccccc1C(F)(F)F.c1cc[c]([Bi]([c]2ccccc2)([c]2ccccc2)[c]2ccccc2)cc1. The first-order valence-electron chi connectivity index (χ1n) is 11.9. The molecule has 0 atom stereocenters. The van der Waals surface area contributed by atoms with Crippen molar-refractivity contribution in [3.63, 3.8) is 0 Å². The van der Waals surface area contributed by atoms with E-state index in [0.29, 0.717) is 12.1 Å². The van der Waals surface area contributed by atoms with Gasteiger partial charge in [-0.25, -0.2) is 0 Å². The van der Waals surface area contributed by atoms with E-state index in [0.717, 1.165) is 12.1 Å². The van der Waals surface area contributed by atoms with Crippen LogP contribution in [0.15, 0.2) is 150 Å². The van der Waals surface area contributed by atoms with Crippen molar-refractivity contribution in [2.45, 2.75) is 11.1 Å². The molecule has 0 amide bonds. The Labute approximate surface area is 230 Å². The van der Waals surface area contributed by atoms with Crippen LogP contribution in [-0.4, -0.2) is 33.2 Å². The molecule has 39 heavy (non-hydrogen) atoms. The number of benzene rings is 5. The quantitative estimate of drug-likeness (QED) is 0.204. The van der Waals surface area contributed by atoms with Crippen LogP contribution in [0.25, 0.3) is 0 Å². The molecule has 0 aliphatic heterocycles. The fourth-order valence-corrected chi connectivity index (χ4v) is 21.7. The molecule has 0 aromatic heterocycles. The molecule has 5 aromatic carbocycles. The Hall–Kier alpha value is -3.32. The second-order valence-corrected chi connectivity index (χ2v) is 23.1. The van der Waals surface area contributed by atoms with Crippen molar-refractivity contribution in [2.24, 2.45) is 0 Å². The van der Waals surface area contributed by atoms with Gasteiger partial charge in [0, 0.05) is 0 Å². The third-order valence-corrected chi connectivity index (χ3v) is 23.6. The summed E-state index contributed by atoms with van der Waals surface area (Å²) in [6.07, 6.45) is -4.80. The van der Waals surface area contributed by atoms with Crippen molar-refractivity contribution in [2.75, 3.05) is 0 Å². The summed E-state index contributed by atoms with van der Waals surface area (Å²) in [5, 5.41) is 0. The van der Waals surface area contributed by atoms with Gasteiger partial charge in [0.15, 0.2) is 0 Å². The predicted molar refractivity (Wildman–Crippen MR) is 151 cm³/mol. The number of hydrogen-bond donors (Lipinski definition) is 1. The third kappa shape index (κ3) is 6.47. The molecular weight excluding hydrogens is 718 g/mol. The molecule has 0 fully saturated rings.